The summed E-state index contributed by atoms with van der Waals surface area (Å²) in [5.41, 5.74) is 1.73. The smallest absolute Gasteiger partial charge is 0.142 e. The van der Waals surface area contributed by atoms with E-state index in [4.69, 9.17) is 27.9 Å². The number of hydrogen-bond acceptors (Lipinski definition) is 3. The molecule has 0 saturated carbocycles. The number of para-hydroxylation sites is 2. The van der Waals surface area contributed by atoms with Gasteiger partial charge in [-0.2, -0.15) is 0 Å². The first-order chi connectivity index (χ1) is 9.79. The predicted molar refractivity (Wildman–Crippen MR) is 82.4 cm³/mol. The quantitative estimate of drug-likeness (QED) is 0.769. The maximum absolute atomic E-state index is 6.08. The van der Waals surface area contributed by atoms with Crippen molar-refractivity contribution in [3.63, 3.8) is 0 Å². The number of benzene rings is 1. The molecule has 0 amide bonds. The number of halogens is 2. The van der Waals surface area contributed by atoms with E-state index in [1.165, 1.54) is 0 Å². The van der Waals surface area contributed by atoms with E-state index in [9.17, 15) is 0 Å². The van der Waals surface area contributed by atoms with Crippen molar-refractivity contribution in [3.8, 4) is 5.75 Å². The lowest BCUT2D eigenvalue weighted by atomic mass is 10.2. The van der Waals surface area contributed by atoms with E-state index in [-0.39, 0.29) is 0 Å². The fraction of sp³-hybridized carbons (Fsp3) is 0.267. The van der Waals surface area contributed by atoms with Crippen LogP contribution >= 0.6 is 23.2 Å². The molecular formula is C15H14Cl2N2O. The van der Waals surface area contributed by atoms with E-state index in [0.29, 0.717) is 23.2 Å². The van der Waals surface area contributed by atoms with Crippen LogP contribution in [0.15, 0.2) is 36.4 Å². The normalized spacial score (nSPS) is 14.4. The molecule has 0 bridgehead atoms. The van der Waals surface area contributed by atoms with Crippen molar-refractivity contribution < 1.29 is 4.74 Å². The molecule has 2 heterocycles. The second-order valence-electron chi connectivity index (χ2n) is 4.55. The zero-order valence-corrected chi connectivity index (χ0v) is 12.4. The maximum atomic E-state index is 6.08. The fourth-order valence-corrected chi connectivity index (χ4v) is 2.73. The first-order valence-electron chi connectivity index (χ1n) is 6.50. The van der Waals surface area contributed by atoms with Crippen LogP contribution in [-0.4, -0.2) is 18.1 Å². The summed E-state index contributed by atoms with van der Waals surface area (Å²) in [5, 5.41) is 0.600. The Morgan fingerprint density at radius 1 is 1.20 bits per heavy atom. The molecule has 20 heavy (non-hydrogen) atoms. The molecule has 1 aromatic carbocycles. The van der Waals surface area contributed by atoms with Crippen LogP contribution in [-0.2, 0) is 5.88 Å². The molecule has 1 aliphatic rings. The molecule has 0 fully saturated rings. The van der Waals surface area contributed by atoms with Crippen LogP contribution in [0.25, 0.3) is 0 Å². The van der Waals surface area contributed by atoms with Gasteiger partial charge in [0.15, 0.2) is 0 Å². The molecule has 0 unspecified atom stereocenters. The van der Waals surface area contributed by atoms with Gasteiger partial charge in [-0.25, -0.2) is 4.98 Å². The Bertz CT molecular complexity index is 619. The number of nitrogens with zero attached hydrogens (tertiary/aromatic N) is 2. The first kappa shape index (κ1) is 13.5. The molecule has 2 aromatic rings. The van der Waals surface area contributed by atoms with Crippen LogP contribution < -0.4 is 9.64 Å². The molecule has 0 atom stereocenters. The summed E-state index contributed by atoms with van der Waals surface area (Å²) in [6.45, 7) is 1.57. The molecule has 0 N–H and O–H groups in total. The number of fused-ring (bicyclic) bond motifs is 1. The first-order valence-corrected chi connectivity index (χ1v) is 7.41. The van der Waals surface area contributed by atoms with E-state index < -0.39 is 0 Å². The highest BCUT2D eigenvalue weighted by Gasteiger charge is 2.19. The third-order valence-corrected chi connectivity index (χ3v) is 3.84. The summed E-state index contributed by atoms with van der Waals surface area (Å²) < 4.78 is 5.76. The molecule has 0 spiro atoms. The summed E-state index contributed by atoms with van der Waals surface area (Å²) in [6.07, 6.45) is 0.940. The van der Waals surface area contributed by atoms with Gasteiger partial charge >= 0.3 is 0 Å². The van der Waals surface area contributed by atoms with Crippen molar-refractivity contribution in [3.05, 3.63) is 47.1 Å². The topological polar surface area (TPSA) is 25.4 Å². The van der Waals surface area contributed by atoms with Gasteiger partial charge < -0.3 is 9.64 Å². The molecular weight excluding hydrogens is 295 g/mol. The lowest BCUT2D eigenvalue weighted by molar-refractivity contribution is 0.322. The fourth-order valence-electron chi connectivity index (χ4n) is 2.28. The van der Waals surface area contributed by atoms with Crippen molar-refractivity contribution in [1.82, 2.24) is 4.98 Å². The minimum Gasteiger partial charge on any atom is -0.491 e. The summed E-state index contributed by atoms with van der Waals surface area (Å²) in [4.78, 5) is 6.71. The van der Waals surface area contributed by atoms with Gasteiger partial charge in [0.2, 0.25) is 0 Å². The summed E-state index contributed by atoms with van der Waals surface area (Å²) in [5.74, 6) is 2.04. The van der Waals surface area contributed by atoms with Gasteiger partial charge in [-0.3, -0.25) is 0 Å². The minimum absolute atomic E-state index is 0.304. The molecule has 0 aliphatic carbocycles. The van der Waals surface area contributed by atoms with E-state index >= 15 is 0 Å². The molecule has 3 nitrogen and oxygen atoms in total. The van der Waals surface area contributed by atoms with Crippen molar-refractivity contribution in [2.24, 2.45) is 0 Å². The van der Waals surface area contributed by atoms with Gasteiger partial charge in [0.05, 0.1) is 28.9 Å². The zero-order valence-electron chi connectivity index (χ0n) is 10.9. The maximum Gasteiger partial charge on any atom is 0.142 e. The number of rotatable bonds is 2. The lowest BCUT2D eigenvalue weighted by Crippen LogP contribution is -2.19. The second-order valence-corrected chi connectivity index (χ2v) is 5.23. The van der Waals surface area contributed by atoms with Crippen LogP contribution in [0.3, 0.4) is 0 Å². The van der Waals surface area contributed by atoms with Gasteiger partial charge in [-0.15, -0.1) is 11.6 Å². The largest absolute Gasteiger partial charge is 0.491 e. The predicted octanol–water partition coefficient (Wildman–Crippen LogP) is 4.39. The van der Waals surface area contributed by atoms with E-state index in [1.54, 1.807) is 0 Å². The molecule has 1 aliphatic heterocycles. The number of pyridine rings is 1. The van der Waals surface area contributed by atoms with Crippen LogP contribution in [0, 0.1) is 0 Å². The Morgan fingerprint density at radius 2 is 2.05 bits per heavy atom. The molecule has 0 radical (unpaired) electrons. The number of aromatic nitrogens is 1. The highest BCUT2D eigenvalue weighted by molar-refractivity contribution is 6.32. The van der Waals surface area contributed by atoms with Crippen molar-refractivity contribution in [2.45, 2.75) is 12.3 Å². The zero-order chi connectivity index (χ0) is 13.9. The molecule has 1 aromatic heterocycles. The van der Waals surface area contributed by atoms with Gasteiger partial charge in [0.1, 0.15) is 11.6 Å². The Balaban J connectivity index is 2.05. The summed E-state index contributed by atoms with van der Waals surface area (Å²) >= 11 is 12.0. The van der Waals surface area contributed by atoms with Crippen molar-refractivity contribution >= 4 is 34.7 Å². The molecule has 104 valence electrons. The van der Waals surface area contributed by atoms with E-state index in [0.717, 1.165) is 30.2 Å². The van der Waals surface area contributed by atoms with Gasteiger partial charge in [-0.05, 0) is 30.7 Å². The Labute approximate surface area is 128 Å². The number of anilines is 2. The average molecular weight is 309 g/mol. The van der Waals surface area contributed by atoms with Crippen LogP contribution in [0.2, 0.25) is 5.02 Å². The third-order valence-electron chi connectivity index (χ3n) is 3.25. The number of hydrogen-bond donors (Lipinski definition) is 0. The van der Waals surface area contributed by atoms with Gasteiger partial charge in [-0.1, -0.05) is 23.7 Å². The molecule has 0 saturated heterocycles. The highest BCUT2D eigenvalue weighted by Crippen LogP contribution is 2.35. The van der Waals surface area contributed by atoms with Crippen molar-refractivity contribution in [1.29, 1.82) is 0 Å². The third kappa shape index (κ3) is 2.56. The van der Waals surface area contributed by atoms with Gasteiger partial charge in [0.25, 0.3) is 0 Å². The molecule has 5 heteroatoms. The summed E-state index contributed by atoms with van der Waals surface area (Å²) in [6, 6.07) is 11.8. The van der Waals surface area contributed by atoms with Crippen LogP contribution in [0.1, 0.15) is 12.1 Å². The monoisotopic (exact) mass is 308 g/mol. The van der Waals surface area contributed by atoms with Gasteiger partial charge in [0, 0.05) is 6.54 Å². The SMILES string of the molecule is ClCc1nc(N2CCCOc3ccccc32)ccc1Cl. The number of ether oxygens (including phenoxy) is 1. The summed E-state index contributed by atoms with van der Waals surface area (Å²) in [7, 11) is 0. The minimum atomic E-state index is 0.304. The van der Waals surface area contributed by atoms with Crippen LogP contribution in [0.5, 0.6) is 5.75 Å². The second kappa shape index (κ2) is 5.90. The molecule has 3 rings (SSSR count). The average Bonchev–Trinajstić information content (AvgIpc) is 2.70. The van der Waals surface area contributed by atoms with Crippen LogP contribution in [0.4, 0.5) is 11.5 Å². The van der Waals surface area contributed by atoms with Crippen molar-refractivity contribution in [2.75, 3.05) is 18.1 Å². The highest BCUT2D eigenvalue weighted by atomic mass is 35.5. The van der Waals surface area contributed by atoms with E-state index in [2.05, 4.69) is 9.88 Å². The Morgan fingerprint density at radius 3 is 2.90 bits per heavy atom. The Hall–Kier alpha value is -1.45. The number of alkyl halides is 1. The lowest BCUT2D eigenvalue weighted by Gasteiger charge is -2.23. The van der Waals surface area contributed by atoms with E-state index in [1.807, 2.05) is 36.4 Å². The standard InChI is InChI=1S/C15H14Cl2N2O/c16-10-12-11(17)6-7-15(18-12)19-8-3-9-20-14-5-2-1-4-13(14)19/h1-2,4-7H,3,8-10H2. The Kier molecular flexibility index (Phi) is 3.99.